The maximum Gasteiger partial charge on any atom is 0.326 e. The van der Waals surface area contributed by atoms with Crippen molar-refractivity contribution in [3.05, 3.63) is 57.0 Å². The fourth-order valence-corrected chi connectivity index (χ4v) is 5.92. The van der Waals surface area contributed by atoms with Crippen molar-refractivity contribution in [2.45, 2.75) is 57.9 Å². The van der Waals surface area contributed by atoms with Gasteiger partial charge in [0.2, 0.25) is 5.91 Å². The highest BCUT2D eigenvalue weighted by Gasteiger charge is 2.23. The van der Waals surface area contributed by atoms with Crippen LogP contribution >= 0.6 is 11.3 Å². The zero-order valence-corrected chi connectivity index (χ0v) is 24.4. The normalized spacial score (nSPS) is 12.2. The molecule has 0 spiro atoms. The minimum Gasteiger partial charge on any atom is -0.480 e. The van der Waals surface area contributed by atoms with E-state index in [0.717, 1.165) is 10.6 Å². The van der Waals surface area contributed by atoms with E-state index in [1.54, 1.807) is 31.2 Å². The average Bonchev–Trinajstić information content (AvgIpc) is 3.35. The molecule has 0 bridgehead atoms. The second kappa shape index (κ2) is 13.0. The second-order valence-corrected chi connectivity index (χ2v) is 15.4. The molecular weight excluding hydrogens is 538 g/mol. The lowest BCUT2D eigenvalue weighted by molar-refractivity contribution is -0.139. The molecule has 2 aromatic heterocycles. The van der Waals surface area contributed by atoms with Gasteiger partial charge in [0.25, 0.3) is 11.5 Å². The molecule has 11 nitrogen and oxygen atoms in total. The number of hydrogen-bond donors (Lipinski definition) is 5. The fourth-order valence-electron chi connectivity index (χ4n) is 4.01. The number of benzene rings is 1. The third-order valence-electron chi connectivity index (χ3n) is 6.05. The molecule has 3 rings (SSSR count). The molecule has 1 atom stereocenters. The molecule has 210 valence electrons. The molecule has 39 heavy (non-hydrogen) atoms. The number of aromatic nitrogens is 2. The molecule has 2 heterocycles. The van der Waals surface area contributed by atoms with Gasteiger partial charge in [0.05, 0.1) is 20.8 Å². The van der Waals surface area contributed by atoms with Gasteiger partial charge in [-0.2, -0.15) is 0 Å². The maximum atomic E-state index is 12.8. The van der Waals surface area contributed by atoms with Gasteiger partial charge in [0.15, 0.2) is 8.32 Å². The monoisotopic (exact) mass is 573 g/mol. The molecule has 2 amide bonds. The molecule has 0 saturated carbocycles. The van der Waals surface area contributed by atoms with Crippen LogP contribution in [0.4, 0.5) is 5.00 Å². The number of carbonyl (C=O) groups is 3. The SMILES string of the molecule is Cc1nc2ccc(CN(C)c3ccc(C(=O)N[C@@H](CCC(=O)NCCC[Si](C)(C)O)C(=O)O)s3)cc2c(=O)[nH]1. The topological polar surface area (TPSA) is 165 Å². The highest BCUT2D eigenvalue weighted by molar-refractivity contribution is 7.18. The van der Waals surface area contributed by atoms with Crippen LogP contribution in [-0.2, 0) is 16.1 Å². The predicted molar refractivity (Wildman–Crippen MR) is 154 cm³/mol. The highest BCUT2D eigenvalue weighted by Crippen LogP contribution is 2.27. The van der Waals surface area contributed by atoms with E-state index < -0.39 is 26.2 Å². The number of carbonyl (C=O) groups excluding carboxylic acids is 2. The van der Waals surface area contributed by atoms with Crippen molar-refractivity contribution in [2.75, 3.05) is 18.5 Å². The van der Waals surface area contributed by atoms with Crippen LogP contribution in [0.2, 0.25) is 19.1 Å². The molecule has 0 aliphatic carbocycles. The van der Waals surface area contributed by atoms with Crippen LogP contribution in [0.5, 0.6) is 0 Å². The van der Waals surface area contributed by atoms with Crippen molar-refractivity contribution in [3.63, 3.8) is 0 Å². The number of fused-ring (bicyclic) bond motifs is 1. The first-order valence-corrected chi connectivity index (χ1v) is 16.6. The Morgan fingerprint density at radius 1 is 1.21 bits per heavy atom. The molecule has 0 aliphatic rings. The molecule has 13 heteroatoms. The summed E-state index contributed by atoms with van der Waals surface area (Å²) in [6.45, 7) is 6.28. The van der Waals surface area contributed by atoms with Gasteiger partial charge in [0.1, 0.15) is 11.9 Å². The number of carboxylic acids is 1. The summed E-state index contributed by atoms with van der Waals surface area (Å²) >= 11 is 1.21. The molecule has 1 aromatic carbocycles. The molecule has 0 unspecified atom stereocenters. The van der Waals surface area contributed by atoms with Gasteiger partial charge < -0.3 is 30.4 Å². The molecule has 0 radical (unpaired) electrons. The molecule has 0 fully saturated rings. The number of H-pyrrole nitrogens is 1. The molecule has 0 saturated heterocycles. The van der Waals surface area contributed by atoms with E-state index in [0.29, 0.717) is 47.2 Å². The van der Waals surface area contributed by atoms with E-state index in [-0.39, 0.29) is 24.3 Å². The Morgan fingerprint density at radius 3 is 2.64 bits per heavy atom. The number of aryl methyl sites for hydroxylation is 1. The van der Waals surface area contributed by atoms with Gasteiger partial charge in [-0.25, -0.2) is 9.78 Å². The van der Waals surface area contributed by atoms with Crippen molar-refractivity contribution in [3.8, 4) is 0 Å². The van der Waals surface area contributed by atoms with Crippen molar-refractivity contribution in [1.82, 2.24) is 20.6 Å². The van der Waals surface area contributed by atoms with Gasteiger partial charge >= 0.3 is 5.97 Å². The highest BCUT2D eigenvalue weighted by atomic mass is 32.1. The number of hydrogen-bond acceptors (Lipinski definition) is 8. The summed E-state index contributed by atoms with van der Waals surface area (Å²) in [7, 11) is -0.305. The lowest BCUT2D eigenvalue weighted by atomic mass is 10.1. The largest absolute Gasteiger partial charge is 0.480 e. The standard InChI is InChI=1S/C26H35N5O6SSi/c1-16-28-19-7-6-17(14-18(19)24(33)29-16)15-31(2)23-11-9-21(38-23)25(34)30-20(26(35)36)8-10-22(32)27-12-5-13-39(3,4)37/h6-7,9,11,14,20,37H,5,8,10,12-13,15H2,1-4H3,(H,27,32)(H,30,34)(H,35,36)(H,28,29,33)/t20-/m0/s1. The van der Waals surface area contributed by atoms with Crippen molar-refractivity contribution in [2.24, 2.45) is 0 Å². The van der Waals surface area contributed by atoms with E-state index in [1.807, 2.05) is 31.1 Å². The smallest absolute Gasteiger partial charge is 0.326 e. The summed E-state index contributed by atoms with van der Waals surface area (Å²) in [5.74, 6) is -1.49. The summed E-state index contributed by atoms with van der Waals surface area (Å²) < 4.78 is 0. The summed E-state index contributed by atoms with van der Waals surface area (Å²) in [4.78, 5) is 68.0. The van der Waals surface area contributed by atoms with E-state index in [4.69, 9.17) is 0 Å². The summed E-state index contributed by atoms with van der Waals surface area (Å²) in [5.41, 5.74) is 1.32. The molecule has 3 aromatic rings. The molecule has 0 aliphatic heterocycles. The number of amides is 2. The molecule has 5 N–H and O–H groups in total. The summed E-state index contributed by atoms with van der Waals surface area (Å²) in [5, 5.41) is 16.1. The Labute approximate surface area is 231 Å². The number of nitrogens with one attached hydrogen (secondary N) is 3. The third kappa shape index (κ3) is 9.01. The Morgan fingerprint density at radius 2 is 1.95 bits per heavy atom. The van der Waals surface area contributed by atoms with Crippen molar-refractivity contribution in [1.29, 1.82) is 0 Å². The minimum absolute atomic E-state index is 0.0409. The number of anilines is 1. The average molecular weight is 574 g/mol. The van der Waals surface area contributed by atoms with Gasteiger partial charge in [-0.3, -0.25) is 14.4 Å². The number of nitrogens with zero attached hydrogens (tertiary/aromatic N) is 2. The number of aliphatic carboxylic acids is 1. The first-order chi connectivity index (χ1) is 18.3. The number of thiophene rings is 1. The van der Waals surface area contributed by atoms with Crippen LogP contribution in [0.15, 0.2) is 35.1 Å². The van der Waals surface area contributed by atoms with Gasteiger partial charge in [0, 0.05) is 26.6 Å². The molecular formula is C26H35N5O6SSi. The van der Waals surface area contributed by atoms with E-state index in [1.165, 1.54) is 11.3 Å². The van der Waals surface area contributed by atoms with Gasteiger partial charge in [-0.05, 0) is 68.7 Å². The number of rotatable bonds is 13. The van der Waals surface area contributed by atoms with Crippen molar-refractivity contribution < 1.29 is 24.3 Å². The van der Waals surface area contributed by atoms with E-state index >= 15 is 0 Å². The lowest BCUT2D eigenvalue weighted by Crippen LogP contribution is -2.41. The van der Waals surface area contributed by atoms with Gasteiger partial charge in [-0.15, -0.1) is 11.3 Å². The van der Waals surface area contributed by atoms with Crippen LogP contribution in [0, 0.1) is 6.92 Å². The Hall–Kier alpha value is -3.55. The maximum absolute atomic E-state index is 12.8. The third-order valence-corrected chi connectivity index (χ3v) is 8.83. The number of carboxylic acid groups (broad SMARTS) is 1. The summed E-state index contributed by atoms with van der Waals surface area (Å²) in [6, 6.07) is 8.36. The van der Waals surface area contributed by atoms with E-state index in [9.17, 15) is 29.1 Å². The Bertz CT molecular complexity index is 1400. The van der Waals surface area contributed by atoms with Crippen LogP contribution < -0.4 is 21.1 Å². The zero-order valence-electron chi connectivity index (χ0n) is 22.5. The quantitative estimate of drug-likeness (QED) is 0.154. The first kappa shape index (κ1) is 30.0. The van der Waals surface area contributed by atoms with Gasteiger partial charge in [-0.1, -0.05) is 6.07 Å². The lowest BCUT2D eigenvalue weighted by Gasteiger charge is -2.17. The first-order valence-electron chi connectivity index (χ1n) is 12.7. The second-order valence-electron chi connectivity index (χ2n) is 10.2. The van der Waals surface area contributed by atoms with Crippen LogP contribution in [-0.4, -0.2) is 65.6 Å². The predicted octanol–water partition coefficient (Wildman–Crippen LogP) is 2.60. The Kier molecular flexibility index (Phi) is 10.00. The van der Waals surface area contributed by atoms with Crippen LogP contribution in [0.3, 0.4) is 0 Å². The minimum atomic E-state index is -2.16. The van der Waals surface area contributed by atoms with E-state index in [2.05, 4.69) is 20.6 Å². The van der Waals surface area contributed by atoms with Crippen LogP contribution in [0.25, 0.3) is 10.9 Å². The Balaban J connectivity index is 1.55. The van der Waals surface area contributed by atoms with Crippen molar-refractivity contribution >= 4 is 53.3 Å². The number of aromatic amines is 1. The summed E-state index contributed by atoms with van der Waals surface area (Å²) in [6.07, 6.45) is 0.575. The van der Waals surface area contributed by atoms with Crippen LogP contribution in [0.1, 0.15) is 40.3 Å². The zero-order chi connectivity index (χ0) is 28.7. The fraction of sp³-hybridized carbons (Fsp3) is 0.423.